The summed E-state index contributed by atoms with van der Waals surface area (Å²) in [6.45, 7) is 4.24. The minimum atomic E-state index is 0.0437. The third-order valence-electron chi connectivity index (χ3n) is 3.38. The minimum Gasteiger partial charge on any atom is -0.396 e. The topological polar surface area (TPSA) is 49.5 Å². The fourth-order valence-electron chi connectivity index (χ4n) is 2.30. The van der Waals surface area contributed by atoms with Crippen LogP contribution in [0.4, 0.5) is 5.69 Å². The number of benzene rings is 1. The number of nitrogens with two attached hydrogens (primary N) is 1. The molecule has 1 saturated heterocycles. The Morgan fingerprint density at radius 3 is 2.88 bits per heavy atom. The highest BCUT2D eigenvalue weighted by molar-refractivity contribution is 9.10. The Morgan fingerprint density at radius 2 is 2.35 bits per heavy atom. The zero-order chi connectivity index (χ0) is 12.4. The zero-order valence-corrected chi connectivity index (χ0v) is 11.7. The van der Waals surface area contributed by atoms with Gasteiger partial charge in [0.2, 0.25) is 0 Å². The van der Waals surface area contributed by atoms with Gasteiger partial charge in [-0.05, 0) is 31.0 Å². The monoisotopic (exact) mass is 298 g/mol. The molecule has 3 nitrogen and oxygen atoms in total. The van der Waals surface area contributed by atoms with Gasteiger partial charge in [0, 0.05) is 41.8 Å². The van der Waals surface area contributed by atoms with E-state index in [1.54, 1.807) is 0 Å². The van der Waals surface area contributed by atoms with Crippen LogP contribution in [0, 0.1) is 5.92 Å². The Balaban J connectivity index is 2.15. The average molecular weight is 299 g/mol. The van der Waals surface area contributed by atoms with Crippen molar-refractivity contribution >= 4 is 21.6 Å². The molecule has 2 unspecified atom stereocenters. The van der Waals surface area contributed by atoms with Crippen LogP contribution in [-0.2, 0) is 0 Å². The third-order valence-corrected chi connectivity index (χ3v) is 4.07. The molecule has 17 heavy (non-hydrogen) atoms. The molecule has 1 aliphatic heterocycles. The molecule has 0 amide bonds. The van der Waals surface area contributed by atoms with Gasteiger partial charge < -0.3 is 15.7 Å². The smallest absolute Gasteiger partial charge is 0.0476 e. The molecule has 0 radical (unpaired) electrons. The van der Waals surface area contributed by atoms with E-state index in [0.29, 0.717) is 5.92 Å². The van der Waals surface area contributed by atoms with E-state index in [1.807, 2.05) is 6.92 Å². The lowest BCUT2D eigenvalue weighted by atomic mass is 10.1. The van der Waals surface area contributed by atoms with Crippen molar-refractivity contribution in [1.82, 2.24) is 0 Å². The van der Waals surface area contributed by atoms with Gasteiger partial charge in [0.25, 0.3) is 0 Å². The molecule has 2 rings (SSSR count). The van der Waals surface area contributed by atoms with Gasteiger partial charge in [-0.15, -0.1) is 0 Å². The number of anilines is 1. The van der Waals surface area contributed by atoms with Gasteiger partial charge in [0.05, 0.1) is 0 Å². The summed E-state index contributed by atoms with van der Waals surface area (Å²) < 4.78 is 1.07. The number of rotatable bonds is 3. The third kappa shape index (κ3) is 2.81. The summed E-state index contributed by atoms with van der Waals surface area (Å²) >= 11 is 3.57. The Bertz CT molecular complexity index is 395. The highest BCUT2D eigenvalue weighted by atomic mass is 79.9. The number of nitrogens with zero attached hydrogens (tertiary/aromatic N) is 1. The summed E-state index contributed by atoms with van der Waals surface area (Å²) in [6.07, 6.45) is 1.07. The predicted octanol–water partition coefficient (Wildman–Crippen LogP) is 2.29. The molecule has 0 saturated carbocycles. The van der Waals surface area contributed by atoms with Crippen LogP contribution in [0.25, 0.3) is 0 Å². The fourth-order valence-corrected chi connectivity index (χ4v) is 3.03. The number of aliphatic hydroxyl groups excluding tert-OH is 1. The van der Waals surface area contributed by atoms with Crippen molar-refractivity contribution < 1.29 is 5.11 Å². The van der Waals surface area contributed by atoms with Crippen LogP contribution < -0.4 is 10.6 Å². The van der Waals surface area contributed by atoms with Crippen molar-refractivity contribution in [2.45, 2.75) is 19.4 Å². The normalized spacial score (nSPS) is 21.9. The van der Waals surface area contributed by atoms with Crippen LogP contribution in [0.3, 0.4) is 0 Å². The minimum absolute atomic E-state index is 0.0437. The summed E-state index contributed by atoms with van der Waals surface area (Å²) in [7, 11) is 0. The van der Waals surface area contributed by atoms with Gasteiger partial charge in [0.15, 0.2) is 0 Å². The van der Waals surface area contributed by atoms with Crippen molar-refractivity contribution in [3.05, 3.63) is 28.2 Å². The van der Waals surface area contributed by atoms with Crippen molar-refractivity contribution in [1.29, 1.82) is 0 Å². The van der Waals surface area contributed by atoms with Crippen molar-refractivity contribution in [3.8, 4) is 0 Å². The van der Waals surface area contributed by atoms with Crippen molar-refractivity contribution in [3.63, 3.8) is 0 Å². The molecule has 1 aliphatic rings. The van der Waals surface area contributed by atoms with Gasteiger partial charge in [-0.2, -0.15) is 0 Å². The molecule has 3 N–H and O–H groups in total. The molecule has 0 aliphatic carbocycles. The number of halogens is 1. The maximum absolute atomic E-state index is 9.15. The van der Waals surface area contributed by atoms with E-state index in [1.165, 1.54) is 5.69 Å². The van der Waals surface area contributed by atoms with Crippen LogP contribution in [-0.4, -0.2) is 24.8 Å². The van der Waals surface area contributed by atoms with Gasteiger partial charge in [0.1, 0.15) is 0 Å². The number of hydrogen-bond donors (Lipinski definition) is 2. The zero-order valence-electron chi connectivity index (χ0n) is 10.1. The Hall–Kier alpha value is -0.580. The molecular weight excluding hydrogens is 280 g/mol. The average Bonchev–Trinajstić information content (AvgIpc) is 2.76. The second kappa shape index (κ2) is 5.38. The largest absolute Gasteiger partial charge is 0.396 e. The molecule has 1 heterocycles. The summed E-state index contributed by atoms with van der Waals surface area (Å²) in [5.74, 6) is 0.418. The molecule has 0 aromatic heterocycles. The molecule has 1 aromatic carbocycles. The highest BCUT2D eigenvalue weighted by Crippen LogP contribution is 2.30. The first-order valence-electron chi connectivity index (χ1n) is 6.02. The Morgan fingerprint density at radius 1 is 1.59 bits per heavy atom. The van der Waals surface area contributed by atoms with Crippen molar-refractivity contribution in [2.75, 3.05) is 24.6 Å². The molecule has 1 fully saturated rings. The lowest BCUT2D eigenvalue weighted by Gasteiger charge is -2.20. The lowest BCUT2D eigenvalue weighted by molar-refractivity contribution is 0.238. The van der Waals surface area contributed by atoms with Crippen LogP contribution in [0.5, 0.6) is 0 Å². The molecule has 94 valence electrons. The second-order valence-corrected chi connectivity index (χ2v) is 5.63. The van der Waals surface area contributed by atoms with Gasteiger partial charge in [-0.3, -0.25) is 0 Å². The van der Waals surface area contributed by atoms with E-state index in [4.69, 9.17) is 10.8 Å². The van der Waals surface area contributed by atoms with E-state index in [9.17, 15) is 0 Å². The van der Waals surface area contributed by atoms with E-state index < -0.39 is 0 Å². The number of aliphatic hydroxyl groups is 1. The SMILES string of the molecule is CC(N)c1ccc(N2CCC(CO)C2)cc1Br. The standard InChI is InChI=1S/C13H19BrN2O/c1-9(15)12-3-2-11(6-13(12)14)16-5-4-10(7-16)8-17/h2-3,6,9-10,17H,4-5,7-8,15H2,1H3. The van der Waals surface area contributed by atoms with Gasteiger partial charge in [-0.25, -0.2) is 0 Å². The molecule has 1 aromatic rings. The quantitative estimate of drug-likeness (QED) is 0.900. The first kappa shape index (κ1) is 12.9. The Kier molecular flexibility index (Phi) is 4.07. The maximum atomic E-state index is 9.15. The first-order valence-corrected chi connectivity index (χ1v) is 6.82. The summed E-state index contributed by atoms with van der Waals surface area (Å²) in [5.41, 5.74) is 8.22. The van der Waals surface area contributed by atoms with Crippen LogP contribution in [0.15, 0.2) is 22.7 Å². The van der Waals surface area contributed by atoms with Gasteiger partial charge in [-0.1, -0.05) is 22.0 Å². The highest BCUT2D eigenvalue weighted by Gasteiger charge is 2.22. The van der Waals surface area contributed by atoms with Crippen LogP contribution in [0.1, 0.15) is 24.9 Å². The van der Waals surface area contributed by atoms with E-state index in [2.05, 4.69) is 39.0 Å². The van der Waals surface area contributed by atoms with Gasteiger partial charge >= 0.3 is 0 Å². The number of hydrogen-bond acceptors (Lipinski definition) is 3. The van der Waals surface area contributed by atoms with E-state index >= 15 is 0 Å². The van der Waals surface area contributed by atoms with Crippen LogP contribution >= 0.6 is 15.9 Å². The lowest BCUT2D eigenvalue weighted by Crippen LogP contribution is -2.20. The molecular formula is C13H19BrN2O. The van der Waals surface area contributed by atoms with Crippen LogP contribution in [0.2, 0.25) is 0 Å². The fraction of sp³-hybridized carbons (Fsp3) is 0.538. The summed E-state index contributed by atoms with van der Waals surface area (Å²) in [5, 5.41) is 9.15. The van der Waals surface area contributed by atoms with Crippen molar-refractivity contribution in [2.24, 2.45) is 11.7 Å². The second-order valence-electron chi connectivity index (χ2n) is 4.78. The Labute approximate surface area is 111 Å². The maximum Gasteiger partial charge on any atom is 0.0476 e. The molecule has 2 atom stereocenters. The molecule has 0 bridgehead atoms. The predicted molar refractivity (Wildman–Crippen MR) is 74.2 cm³/mol. The molecule has 0 spiro atoms. The summed E-state index contributed by atoms with van der Waals surface area (Å²) in [6, 6.07) is 6.36. The van der Waals surface area contributed by atoms with E-state index in [-0.39, 0.29) is 12.6 Å². The molecule has 4 heteroatoms. The van der Waals surface area contributed by atoms with E-state index in [0.717, 1.165) is 29.5 Å². The summed E-state index contributed by atoms with van der Waals surface area (Å²) in [4.78, 5) is 2.32. The first-order chi connectivity index (χ1) is 8.11.